The van der Waals surface area contributed by atoms with E-state index in [0.29, 0.717) is 23.7 Å². The van der Waals surface area contributed by atoms with Crippen LogP contribution < -0.4 is 0 Å². The van der Waals surface area contributed by atoms with Crippen molar-refractivity contribution in [3.8, 4) is 0 Å². The molecule has 1 aliphatic heterocycles. The summed E-state index contributed by atoms with van der Waals surface area (Å²) in [7, 11) is 0. The van der Waals surface area contributed by atoms with Crippen LogP contribution in [0.15, 0.2) is 11.6 Å². The minimum Gasteiger partial charge on any atom is -0.481 e. The number of hydrogen-bond acceptors (Lipinski definition) is 4. The molecular weight excluding hydrogens is 476 g/mol. The fourth-order valence-electron chi connectivity index (χ4n) is 12.0. The smallest absolute Gasteiger partial charge is 0.310 e. The van der Waals surface area contributed by atoms with Gasteiger partial charge in [-0.1, -0.05) is 53.2 Å². The van der Waals surface area contributed by atoms with Crippen LogP contribution in [0.3, 0.4) is 0 Å². The van der Waals surface area contributed by atoms with Gasteiger partial charge in [0.2, 0.25) is 0 Å². The first-order valence-corrected chi connectivity index (χ1v) is 15.5. The zero-order valence-corrected chi connectivity index (χ0v) is 25.1. The maximum absolute atomic E-state index is 12.9. The molecule has 214 valence electrons. The molecule has 0 spiro atoms. The van der Waals surface area contributed by atoms with Crippen LogP contribution in [0.2, 0.25) is 0 Å². The molecule has 0 aromatic heterocycles. The van der Waals surface area contributed by atoms with Gasteiger partial charge in [-0.3, -0.25) is 4.79 Å². The van der Waals surface area contributed by atoms with Crippen LogP contribution in [0.1, 0.15) is 107 Å². The molecular formula is C33H52O5. The summed E-state index contributed by atoms with van der Waals surface area (Å²) >= 11 is 0. The molecule has 38 heavy (non-hydrogen) atoms. The van der Waals surface area contributed by atoms with Crippen molar-refractivity contribution >= 4 is 5.97 Å². The average Bonchev–Trinajstić information content (AvgIpc) is 3.15. The number of aliphatic hydroxyl groups is 1. The van der Waals surface area contributed by atoms with Crippen LogP contribution in [0.5, 0.6) is 0 Å². The molecule has 12 atom stereocenters. The van der Waals surface area contributed by atoms with E-state index in [2.05, 4.69) is 47.6 Å². The molecule has 0 bridgehead atoms. The topological polar surface area (TPSA) is 76.0 Å². The first-order valence-electron chi connectivity index (χ1n) is 15.5. The van der Waals surface area contributed by atoms with Crippen molar-refractivity contribution in [2.24, 2.45) is 56.7 Å². The quantitative estimate of drug-likeness (QED) is 0.384. The van der Waals surface area contributed by atoms with E-state index in [0.717, 1.165) is 51.4 Å². The second kappa shape index (κ2) is 8.10. The Morgan fingerprint density at radius 2 is 1.68 bits per heavy atom. The third-order valence-electron chi connectivity index (χ3n) is 14.3. The van der Waals surface area contributed by atoms with Gasteiger partial charge < -0.3 is 19.7 Å². The van der Waals surface area contributed by atoms with E-state index in [9.17, 15) is 15.0 Å². The number of carbonyl (C=O) groups is 1. The number of aliphatic carboxylic acids is 1. The van der Waals surface area contributed by atoms with Gasteiger partial charge >= 0.3 is 5.97 Å². The number of ether oxygens (including phenoxy) is 2. The van der Waals surface area contributed by atoms with Crippen LogP contribution in [-0.2, 0) is 14.3 Å². The van der Waals surface area contributed by atoms with Gasteiger partial charge in [0.15, 0.2) is 5.79 Å². The Morgan fingerprint density at radius 1 is 0.974 bits per heavy atom. The van der Waals surface area contributed by atoms with Crippen LogP contribution in [0, 0.1) is 56.7 Å². The van der Waals surface area contributed by atoms with Crippen LogP contribution in [0.25, 0.3) is 0 Å². The van der Waals surface area contributed by atoms with Crippen molar-refractivity contribution in [1.29, 1.82) is 0 Å². The van der Waals surface area contributed by atoms with Gasteiger partial charge in [-0.2, -0.15) is 0 Å². The fourth-order valence-corrected chi connectivity index (χ4v) is 12.0. The molecule has 1 saturated heterocycles. The molecule has 5 nitrogen and oxygen atoms in total. The number of rotatable bonds is 2. The van der Waals surface area contributed by atoms with Crippen LogP contribution >= 0.6 is 0 Å². The highest BCUT2D eigenvalue weighted by Gasteiger charge is 2.72. The lowest BCUT2D eigenvalue weighted by Crippen LogP contribution is -2.68. The summed E-state index contributed by atoms with van der Waals surface area (Å²) in [5, 5.41) is 21.5. The van der Waals surface area contributed by atoms with Gasteiger partial charge in [-0.05, 0) is 111 Å². The maximum Gasteiger partial charge on any atom is 0.310 e. The Balaban J connectivity index is 1.45. The lowest BCUT2D eigenvalue weighted by molar-refractivity contribution is -0.225. The molecule has 6 aliphatic rings. The third-order valence-corrected chi connectivity index (χ3v) is 14.3. The van der Waals surface area contributed by atoms with Crippen molar-refractivity contribution in [1.82, 2.24) is 0 Å². The van der Waals surface area contributed by atoms with Crippen LogP contribution in [0.4, 0.5) is 0 Å². The zero-order chi connectivity index (χ0) is 27.7. The maximum atomic E-state index is 12.9. The standard InChI is InChI=1S/C33H52O5/c1-19-11-14-33(27(35)36)16-15-31(7)21(25(33)20(19)2)9-10-24-29(5)17-22-26(38-28(3,4)37-22)30(6,18-34)23(29)12-13-32(24,31)8/h9,19-20,22-26,34H,10-18H2,1-8H3,(H,35,36)/t19-,20+,22-,23-,24-,25+,26-,29+,30+,31-,32-,33+/m1/s1. The Bertz CT molecular complexity index is 1050. The van der Waals surface area contributed by atoms with E-state index in [1.54, 1.807) is 0 Å². The number of carboxylic acids is 1. The van der Waals surface area contributed by atoms with Gasteiger partial charge in [0, 0.05) is 5.41 Å². The van der Waals surface area contributed by atoms with Gasteiger partial charge in [0.25, 0.3) is 0 Å². The molecule has 0 radical (unpaired) electrons. The van der Waals surface area contributed by atoms with Gasteiger partial charge in [0.1, 0.15) is 0 Å². The predicted octanol–water partition coefficient (Wildman–Crippen LogP) is 6.83. The highest BCUT2D eigenvalue weighted by molar-refractivity contribution is 5.76. The average molecular weight is 529 g/mol. The fraction of sp³-hybridized carbons (Fsp3) is 0.909. The van der Waals surface area contributed by atoms with E-state index in [1.165, 1.54) is 5.57 Å². The van der Waals surface area contributed by atoms with Gasteiger partial charge in [-0.25, -0.2) is 0 Å². The second-order valence-corrected chi connectivity index (χ2v) is 16.1. The number of fused-ring (bicyclic) bond motifs is 8. The molecule has 5 aliphatic carbocycles. The Morgan fingerprint density at radius 3 is 2.34 bits per heavy atom. The van der Waals surface area contributed by atoms with E-state index in [1.807, 2.05) is 13.8 Å². The number of carboxylic acid groups (broad SMARTS) is 1. The van der Waals surface area contributed by atoms with Gasteiger partial charge in [-0.15, -0.1) is 0 Å². The molecule has 4 saturated carbocycles. The van der Waals surface area contributed by atoms with Crippen molar-refractivity contribution in [2.45, 2.75) is 125 Å². The monoisotopic (exact) mass is 528 g/mol. The second-order valence-electron chi connectivity index (χ2n) is 16.1. The SMILES string of the molecule is C[C@H]1[C@H](C)CC[C@]2(C(=O)O)CC[C@]3(C)C(=CC[C@@H]4[C@@]5(C)C[C@H]6OC(C)(C)O[C@H]6[C@@](C)(CO)[C@@H]5CC[C@]43C)[C@H]12. The third kappa shape index (κ3) is 3.13. The summed E-state index contributed by atoms with van der Waals surface area (Å²) in [5.41, 5.74) is 0.647. The highest BCUT2D eigenvalue weighted by atomic mass is 16.8. The number of aliphatic hydroxyl groups excluding tert-OH is 1. The van der Waals surface area contributed by atoms with E-state index < -0.39 is 17.2 Å². The van der Waals surface area contributed by atoms with Crippen molar-refractivity contribution in [3.05, 3.63) is 11.6 Å². The highest BCUT2D eigenvalue weighted by Crippen LogP contribution is 2.76. The number of allylic oxidation sites excluding steroid dienone is 2. The molecule has 6 rings (SSSR count). The molecule has 5 heteroatoms. The first kappa shape index (κ1) is 27.3. The molecule has 0 aromatic carbocycles. The van der Waals surface area contributed by atoms with Crippen molar-refractivity contribution in [3.63, 3.8) is 0 Å². The minimum absolute atomic E-state index is 0.00238. The summed E-state index contributed by atoms with van der Waals surface area (Å²) in [6.07, 6.45) is 10.2. The van der Waals surface area contributed by atoms with Crippen molar-refractivity contribution < 1.29 is 24.5 Å². The summed E-state index contributed by atoms with van der Waals surface area (Å²) in [6, 6.07) is 0. The lowest BCUT2D eigenvalue weighted by atomic mass is 9.33. The van der Waals surface area contributed by atoms with Crippen LogP contribution in [-0.4, -0.2) is 40.8 Å². The van der Waals surface area contributed by atoms with E-state index >= 15 is 0 Å². The molecule has 0 unspecified atom stereocenters. The molecule has 5 fully saturated rings. The molecule has 0 amide bonds. The minimum atomic E-state index is -0.623. The predicted molar refractivity (Wildman–Crippen MR) is 147 cm³/mol. The summed E-state index contributed by atoms with van der Waals surface area (Å²) in [5.74, 6) is 0.722. The molecule has 2 N–H and O–H groups in total. The van der Waals surface area contributed by atoms with E-state index in [-0.39, 0.29) is 46.4 Å². The first-order chi connectivity index (χ1) is 17.6. The van der Waals surface area contributed by atoms with E-state index in [4.69, 9.17) is 9.47 Å². The number of hydrogen-bond donors (Lipinski definition) is 2. The van der Waals surface area contributed by atoms with Gasteiger partial charge in [0.05, 0.1) is 24.2 Å². The summed E-state index contributed by atoms with van der Waals surface area (Å²) in [6.45, 7) is 18.6. The zero-order valence-electron chi connectivity index (χ0n) is 25.1. The normalized spacial score (nSPS) is 57.0. The molecule has 1 heterocycles. The largest absolute Gasteiger partial charge is 0.481 e. The Kier molecular flexibility index (Phi) is 5.81. The Labute approximate surface area is 230 Å². The molecule has 0 aromatic rings. The lowest BCUT2D eigenvalue weighted by Gasteiger charge is -2.71. The Hall–Kier alpha value is -0.910. The summed E-state index contributed by atoms with van der Waals surface area (Å²) in [4.78, 5) is 12.9. The van der Waals surface area contributed by atoms with Crippen molar-refractivity contribution in [2.75, 3.05) is 6.61 Å². The summed E-state index contributed by atoms with van der Waals surface area (Å²) < 4.78 is 13.0.